The number of methoxy groups -OCH3 is 2. The third kappa shape index (κ3) is 3.64. The van der Waals surface area contributed by atoms with Crippen molar-refractivity contribution in [3.8, 4) is 11.5 Å². The van der Waals surface area contributed by atoms with E-state index in [1.54, 1.807) is 19.1 Å². The number of benzene rings is 1. The molecule has 1 aromatic rings. The molecule has 0 spiro atoms. The molecule has 1 saturated carbocycles. The Kier molecular flexibility index (Phi) is 5.69. The van der Waals surface area contributed by atoms with Crippen LogP contribution in [0.2, 0.25) is 0 Å². The maximum absolute atomic E-state index is 12.6. The van der Waals surface area contributed by atoms with Crippen LogP contribution in [0.4, 0.5) is 0 Å². The molecule has 26 heavy (non-hydrogen) atoms. The fraction of sp³-hybridized carbons (Fsp3) is 0.600. The predicted octanol–water partition coefficient (Wildman–Crippen LogP) is 2.74. The highest BCUT2D eigenvalue weighted by molar-refractivity contribution is 5.84. The number of likely N-dealkylation sites (tertiary alicyclic amines) is 1. The number of rotatable bonds is 7. The van der Waals surface area contributed by atoms with Gasteiger partial charge in [0.1, 0.15) is 17.5 Å². The highest BCUT2D eigenvalue weighted by Gasteiger charge is 2.49. The Morgan fingerprint density at radius 3 is 2.73 bits per heavy atom. The van der Waals surface area contributed by atoms with Gasteiger partial charge < -0.3 is 19.5 Å². The first-order valence-corrected chi connectivity index (χ1v) is 9.28. The zero-order chi connectivity index (χ0) is 18.7. The SMILES string of the molecule is COc1ccc(CCCC(=O)N2CC3CCCC3C2C(=O)O)c(OC)c1. The molecule has 6 nitrogen and oxygen atoms in total. The van der Waals surface area contributed by atoms with Crippen LogP contribution in [-0.2, 0) is 16.0 Å². The summed E-state index contributed by atoms with van der Waals surface area (Å²) >= 11 is 0. The van der Waals surface area contributed by atoms with Gasteiger partial charge in [0.05, 0.1) is 14.2 Å². The number of fused-ring (bicyclic) bond motifs is 1. The first-order valence-electron chi connectivity index (χ1n) is 9.28. The zero-order valence-corrected chi connectivity index (χ0v) is 15.4. The molecular weight excluding hydrogens is 334 g/mol. The Hall–Kier alpha value is -2.24. The number of hydrogen-bond acceptors (Lipinski definition) is 4. The summed E-state index contributed by atoms with van der Waals surface area (Å²) in [6, 6.07) is 5.02. The lowest BCUT2D eigenvalue weighted by molar-refractivity contribution is -0.149. The Bertz CT molecular complexity index is 674. The van der Waals surface area contributed by atoms with E-state index >= 15 is 0 Å². The number of ether oxygens (including phenoxy) is 2. The summed E-state index contributed by atoms with van der Waals surface area (Å²) in [5.41, 5.74) is 1.02. The number of hydrogen-bond donors (Lipinski definition) is 1. The molecule has 2 aliphatic rings. The second-order valence-electron chi connectivity index (χ2n) is 7.22. The van der Waals surface area contributed by atoms with E-state index < -0.39 is 12.0 Å². The van der Waals surface area contributed by atoms with Crippen LogP contribution in [0, 0.1) is 11.8 Å². The molecule has 0 aromatic heterocycles. The number of carboxylic acids is 1. The van der Waals surface area contributed by atoms with Crippen LogP contribution in [0.1, 0.15) is 37.7 Å². The molecular formula is C20H27NO5. The van der Waals surface area contributed by atoms with E-state index in [2.05, 4.69) is 0 Å². The molecule has 3 unspecified atom stereocenters. The maximum atomic E-state index is 12.6. The first kappa shape index (κ1) is 18.5. The first-order chi connectivity index (χ1) is 12.5. The number of amides is 1. The van der Waals surface area contributed by atoms with Crippen LogP contribution >= 0.6 is 0 Å². The van der Waals surface area contributed by atoms with Gasteiger partial charge in [-0.1, -0.05) is 12.5 Å². The molecule has 1 aliphatic heterocycles. The lowest BCUT2D eigenvalue weighted by atomic mass is 9.94. The topological polar surface area (TPSA) is 76.1 Å². The minimum Gasteiger partial charge on any atom is -0.497 e. The number of nitrogens with zero attached hydrogens (tertiary/aromatic N) is 1. The molecule has 1 heterocycles. The van der Waals surface area contributed by atoms with Gasteiger partial charge in [0.25, 0.3) is 0 Å². The van der Waals surface area contributed by atoms with Gasteiger partial charge in [0, 0.05) is 19.0 Å². The zero-order valence-electron chi connectivity index (χ0n) is 15.4. The Labute approximate surface area is 154 Å². The van der Waals surface area contributed by atoms with Gasteiger partial charge in [-0.2, -0.15) is 0 Å². The van der Waals surface area contributed by atoms with Crippen molar-refractivity contribution in [2.24, 2.45) is 11.8 Å². The summed E-state index contributed by atoms with van der Waals surface area (Å²) < 4.78 is 10.6. The van der Waals surface area contributed by atoms with Crippen molar-refractivity contribution in [1.29, 1.82) is 0 Å². The molecule has 1 aliphatic carbocycles. The number of carboxylic acid groups (broad SMARTS) is 1. The average Bonchev–Trinajstić information content (AvgIpc) is 3.22. The lowest BCUT2D eigenvalue weighted by Gasteiger charge is -2.24. The fourth-order valence-electron chi connectivity index (χ4n) is 4.51. The Balaban J connectivity index is 1.58. The number of carbonyl (C=O) groups is 2. The van der Waals surface area contributed by atoms with Crippen LogP contribution in [0.3, 0.4) is 0 Å². The van der Waals surface area contributed by atoms with Crippen molar-refractivity contribution in [2.45, 2.75) is 44.6 Å². The summed E-state index contributed by atoms with van der Waals surface area (Å²) in [6.45, 7) is 0.603. The van der Waals surface area contributed by atoms with E-state index in [1.165, 1.54) is 0 Å². The van der Waals surface area contributed by atoms with E-state index in [-0.39, 0.29) is 11.8 Å². The van der Waals surface area contributed by atoms with Crippen molar-refractivity contribution in [1.82, 2.24) is 4.90 Å². The second kappa shape index (κ2) is 7.98. The molecule has 6 heteroatoms. The molecule has 2 fully saturated rings. The fourth-order valence-corrected chi connectivity index (χ4v) is 4.51. The minimum atomic E-state index is -0.857. The highest BCUT2D eigenvalue weighted by Crippen LogP contribution is 2.42. The largest absolute Gasteiger partial charge is 0.497 e. The van der Waals surface area contributed by atoms with Gasteiger partial charge in [0.2, 0.25) is 5.91 Å². The monoisotopic (exact) mass is 361 g/mol. The number of carbonyl (C=O) groups excluding carboxylic acids is 1. The summed E-state index contributed by atoms with van der Waals surface area (Å²) in [4.78, 5) is 25.9. The quantitative estimate of drug-likeness (QED) is 0.808. The molecule has 1 aromatic carbocycles. The van der Waals surface area contributed by atoms with Gasteiger partial charge in [-0.25, -0.2) is 4.79 Å². The Morgan fingerprint density at radius 2 is 2.04 bits per heavy atom. The van der Waals surface area contributed by atoms with Gasteiger partial charge in [-0.15, -0.1) is 0 Å². The molecule has 3 rings (SSSR count). The van der Waals surface area contributed by atoms with Crippen molar-refractivity contribution < 1.29 is 24.2 Å². The molecule has 1 amide bonds. The summed E-state index contributed by atoms with van der Waals surface area (Å²) in [5, 5.41) is 9.58. The van der Waals surface area contributed by atoms with Crippen LogP contribution in [0.25, 0.3) is 0 Å². The van der Waals surface area contributed by atoms with Crippen LogP contribution < -0.4 is 9.47 Å². The van der Waals surface area contributed by atoms with E-state index in [0.29, 0.717) is 31.7 Å². The molecule has 0 radical (unpaired) electrons. The van der Waals surface area contributed by atoms with Gasteiger partial charge >= 0.3 is 5.97 Å². The minimum absolute atomic E-state index is 0.0423. The Morgan fingerprint density at radius 1 is 1.23 bits per heavy atom. The van der Waals surface area contributed by atoms with E-state index in [4.69, 9.17) is 9.47 Å². The van der Waals surface area contributed by atoms with Gasteiger partial charge in [-0.05, 0) is 49.1 Å². The normalized spacial score (nSPS) is 24.4. The summed E-state index contributed by atoms with van der Waals surface area (Å²) in [6.07, 6.45) is 4.78. The molecule has 3 atom stereocenters. The smallest absolute Gasteiger partial charge is 0.326 e. The summed E-state index contributed by atoms with van der Waals surface area (Å²) in [5.74, 6) is 1.08. The summed E-state index contributed by atoms with van der Waals surface area (Å²) in [7, 11) is 3.22. The predicted molar refractivity (Wildman–Crippen MR) is 96.5 cm³/mol. The van der Waals surface area contributed by atoms with Crippen LogP contribution in [-0.4, -0.2) is 48.7 Å². The molecule has 1 N–H and O–H groups in total. The third-order valence-corrected chi connectivity index (χ3v) is 5.79. The molecule has 0 bridgehead atoms. The van der Waals surface area contributed by atoms with Gasteiger partial charge in [0.15, 0.2) is 0 Å². The van der Waals surface area contributed by atoms with Gasteiger partial charge in [-0.3, -0.25) is 4.79 Å². The highest BCUT2D eigenvalue weighted by atomic mass is 16.5. The number of aliphatic carboxylic acids is 1. The van der Waals surface area contributed by atoms with E-state index in [1.807, 2.05) is 18.2 Å². The van der Waals surface area contributed by atoms with Crippen LogP contribution in [0.5, 0.6) is 11.5 Å². The number of aryl methyl sites for hydroxylation is 1. The third-order valence-electron chi connectivity index (χ3n) is 5.79. The van der Waals surface area contributed by atoms with E-state index in [0.717, 1.165) is 36.3 Å². The van der Waals surface area contributed by atoms with Crippen molar-refractivity contribution >= 4 is 11.9 Å². The molecule has 1 saturated heterocycles. The van der Waals surface area contributed by atoms with E-state index in [9.17, 15) is 14.7 Å². The maximum Gasteiger partial charge on any atom is 0.326 e. The van der Waals surface area contributed by atoms with Crippen LogP contribution in [0.15, 0.2) is 18.2 Å². The molecule has 142 valence electrons. The lowest BCUT2D eigenvalue weighted by Crippen LogP contribution is -2.43. The standard InChI is InChI=1S/C20H27NO5/c1-25-15-10-9-13(17(11-15)26-2)5-4-8-18(22)21-12-14-6-3-7-16(14)19(21)20(23)24/h9-11,14,16,19H,3-8,12H2,1-2H3,(H,23,24). The average molecular weight is 361 g/mol. The van der Waals surface area contributed by atoms with Crippen molar-refractivity contribution in [2.75, 3.05) is 20.8 Å². The van der Waals surface area contributed by atoms with Crippen molar-refractivity contribution in [3.05, 3.63) is 23.8 Å². The van der Waals surface area contributed by atoms with Crippen molar-refractivity contribution in [3.63, 3.8) is 0 Å². The second-order valence-corrected chi connectivity index (χ2v) is 7.22.